The summed E-state index contributed by atoms with van der Waals surface area (Å²) in [5.41, 5.74) is 2.25. The number of aromatic amines is 1. The van der Waals surface area contributed by atoms with E-state index in [0.717, 1.165) is 17.2 Å². The van der Waals surface area contributed by atoms with Gasteiger partial charge in [0.15, 0.2) is 4.77 Å². The van der Waals surface area contributed by atoms with E-state index in [-0.39, 0.29) is 0 Å². The lowest BCUT2D eigenvalue weighted by molar-refractivity contribution is 0.865. The smallest absolute Gasteiger partial charge is 0.199 e. The van der Waals surface area contributed by atoms with Crippen molar-refractivity contribution in [1.82, 2.24) is 14.8 Å². The number of aromatic nitrogens is 3. The van der Waals surface area contributed by atoms with Crippen LogP contribution in [0.25, 0.3) is 5.69 Å². The van der Waals surface area contributed by atoms with Gasteiger partial charge in [-0.05, 0) is 37.2 Å². The van der Waals surface area contributed by atoms with Crippen LogP contribution in [0, 0.1) is 4.77 Å². The lowest BCUT2D eigenvalue weighted by atomic mass is 10.2. The van der Waals surface area contributed by atoms with E-state index in [1.807, 2.05) is 26.2 Å². The quantitative estimate of drug-likeness (QED) is 0.862. The van der Waals surface area contributed by atoms with Crippen molar-refractivity contribution in [3.8, 4) is 5.69 Å². The van der Waals surface area contributed by atoms with Gasteiger partial charge in [0.2, 0.25) is 0 Å². The Morgan fingerprint density at radius 1 is 1.33 bits per heavy atom. The van der Waals surface area contributed by atoms with Crippen molar-refractivity contribution in [2.45, 2.75) is 18.8 Å². The van der Waals surface area contributed by atoms with Crippen molar-refractivity contribution in [3.05, 3.63) is 34.9 Å². The monoisotopic (exact) mass is 260 g/mol. The second-order valence-electron chi connectivity index (χ2n) is 4.88. The first-order chi connectivity index (χ1) is 8.68. The zero-order chi connectivity index (χ0) is 12.7. The first-order valence-corrected chi connectivity index (χ1v) is 6.53. The maximum atomic E-state index is 5.37. The molecule has 1 aliphatic carbocycles. The largest absolute Gasteiger partial charge is 0.376 e. The Hall–Kier alpha value is -1.62. The third-order valence-electron chi connectivity index (χ3n) is 3.25. The Morgan fingerprint density at radius 2 is 2.06 bits per heavy atom. The van der Waals surface area contributed by atoms with Crippen molar-refractivity contribution in [3.63, 3.8) is 0 Å². The molecule has 3 rings (SSSR count). The highest BCUT2D eigenvalue weighted by Crippen LogP contribution is 2.40. The fourth-order valence-corrected chi connectivity index (χ4v) is 2.43. The van der Waals surface area contributed by atoms with E-state index in [1.54, 1.807) is 0 Å². The highest BCUT2D eigenvalue weighted by atomic mass is 32.1. The molecule has 1 heterocycles. The Bertz CT molecular complexity index is 622. The summed E-state index contributed by atoms with van der Waals surface area (Å²) >= 11 is 5.37. The summed E-state index contributed by atoms with van der Waals surface area (Å²) < 4.78 is 2.74. The predicted molar refractivity (Wildman–Crippen MR) is 75.1 cm³/mol. The van der Waals surface area contributed by atoms with Gasteiger partial charge in [-0.2, -0.15) is 5.10 Å². The maximum Gasteiger partial charge on any atom is 0.199 e. The molecule has 0 spiro atoms. The van der Waals surface area contributed by atoms with Crippen LogP contribution >= 0.6 is 12.2 Å². The highest BCUT2D eigenvalue weighted by Gasteiger charge is 2.30. The summed E-state index contributed by atoms with van der Waals surface area (Å²) in [6.07, 6.45) is 2.42. The fraction of sp³-hybridized carbons (Fsp3) is 0.385. The van der Waals surface area contributed by atoms with Crippen LogP contribution in [-0.2, 0) is 0 Å². The summed E-state index contributed by atoms with van der Waals surface area (Å²) in [6, 6.07) is 8.26. The third kappa shape index (κ3) is 1.84. The van der Waals surface area contributed by atoms with Crippen LogP contribution in [0.1, 0.15) is 24.6 Å². The lowest BCUT2D eigenvalue weighted by Gasteiger charge is -2.18. The summed E-state index contributed by atoms with van der Waals surface area (Å²) in [7, 11) is 4.08. The minimum absolute atomic E-state index is 0.563. The number of nitrogens with one attached hydrogen (secondary N) is 1. The van der Waals surface area contributed by atoms with E-state index >= 15 is 0 Å². The average Bonchev–Trinajstić information content (AvgIpc) is 3.13. The molecule has 0 aliphatic heterocycles. The van der Waals surface area contributed by atoms with Gasteiger partial charge in [-0.1, -0.05) is 12.1 Å². The van der Waals surface area contributed by atoms with Gasteiger partial charge in [-0.25, -0.2) is 0 Å². The molecule has 0 atom stereocenters. The van der Waals surface area contributed by atoms with Crippen LogP contribution in [-0.4, -0.2) is 28.9 Å². The molecular weight excluding hydrogens is 244 g/mol. The van der Waals surface area contributed by atoms with Crippen LogP contribution in [0.5, 0.6) is 0 Å². The van der Waals surface area contributed by atoms with E-state index in [0.29, 0.717) is 10.7 Å². The van der Waals surface area contributed by atoms with E-state index in [9.17, 15) is 0 Å². The molecule has 94 valence electrons. The molecule has 5 heteroatoms. The molecule has 1 N–H and O–H groups in total. The molecule has 1 aromatic carbocycles. The SMILES string of the molecule is CN(C)c1ccccc1-n1c(C2CC2)n[nH]c1=S. The maximum absolute atomic E-state index is 5.37. The van der Waals surface area contributed by atoms with Crippen LogP contribution in [0.15, 0.2) is 24.3 Å². The molecule has 1 fully saturated rings. The molecule has 1 saturated carbocycles. The van der Waals surface area contributed by atoms with Crippen molar-refractivity contribution in [2.75, 3.05) is 19.0 Å². The van der Waals surface area contributed by atoms with Crippen molar-refractivity contribution in [1.29, 1.82) is 0 Å². The molecule has 1 aliphatic rings. The van der Waals surface area contributed by atoms with Gasteiger partial charge < -0.3 is 4.90 Å². The molecule has 4 nitrogen and oxygen atoms in total. The Morgan fingerprint density at radius 3 is 2.72 bits per heavy atom. The molecule has 0 radical (unpaired) electrons. The van der Waals surface area contributed by atoms with Crippen LogP contribution in [0.3, 0.4) is 0 Å². The minimum atomic E-state index is 0.563. The van der Waals surface area contributed by atoms with Gasteiger partial charge in [0, 0.05) is 20.0 Å². The first kappa shape index (κ1) is 11.5. The molecule has 18 heavy (non-hydrogen) atoms. The molecule has 2 aromatic rings. The number of hydrogen-bond acceptors (Lipinski definition) is 3. The number of anilines is 1. The van der Waals surface area contributed by atoms with Gasteiger partial charge in [0.05, 0.1) is 11.4 Å². The number of nitrogens with zero attached hydrogens (tertiary/aromatic N) is 3. The lowest BCUT2D eigenvalue weighted by Crippen LogP contribution is -2.13. The number of benzene rings is 1. The van der Waals surface area contributed by atoms with Gasteiger partial charge in [0.1, 0.15) is 5.82 Å². The number of hydrogen-bond donors (Lipinski definition) is 1. The van der Waals surface area contributed by atoms with Crippen molar-refractivity contribution in [2.24, 2.45) is 0 Å². The topological polar surface area (TPSA) is 36.9 Å². The molecular formula is C13H16N4S. The number of para-hydroxylation sites is 2. The Kier molecular flexibility index (Phi) is 2.70. The van der Waals surface area contributed by atoms with Crippen LogP contribution < -0.4 is 4.90 Å². The summed E-state index contributed by atoms with van der Waals surface area (Å²) in [4.78, 5) is 2.10. The van der Waals surface area contributed by atoms with Gasteiger partial charge in [-0.3, -0.25) is 9.67 Å². The molecule has 0 unspecified atom stereocenters. The molecule has 0 saturated heterocycles. The minimum Gasteiger partial charge on any atom is -0.376 e. The van der Waals surface area contributed by atoms with Crippen molar-refractivity contribution >= 4 is 17.9 Å². The third-order valence-corrected chi connectivity index (χ3v) is 3.52. The predicted octanol–water partition coefficient (Wildman–Crippen LogP) is 2.87. The van der Waals surface area contributed by atoms with E-state index < -0.39 is 0 Å². The zero-order valence-electron chi connectivity index (χ0n) is 10.6. The Balaban J connectivity index is 2.20. The van der Waals surface area contributed by atoms with Crippen LogP contribution in [0.2, 0.25) is 0 Å². The van der Waals surface area contributed by atoms with Gasteiger partial charge in [0.25, 0.3) is 0 Å². The zero-order valence-corrected chi connectivity index (χ0v) is 11.4. The number of H-pyrrole nitrogens is 1. The average molecular weight is 260 g/mol. The first-order valence-electron chi connectivity index (χ1n) is 6.12. The highest BCUT2D eigenvalue weighted by molar-refractivity contribution is 7.71. The second-order valence-corrected chi connectivity index (χ2v) is 5.27. The normalized spacial score (nSPS) is 14.8. The molecule has 0 bridgehead atoms. The second kappa shape index (κ2) is 4.24. The summed E-state index contributed by atoms with van der Waals surface area (Å²) in [5, 5.41) is 7.30. The standard InChI is InChI=1S/C13H16N4S/c1-16(2)10-5-3-4-6-11(10)17-12(9-7-8-9)14-15-13(17)18/h3-6,9H,7-8H2,1-2H3,(H,15,18). The van der Waals surface area contributed by atoms with Gasteiger partial charge in [-0.15, -0.1) is 0 Å². The van der Waals surface area contributed by atoms with Crippen LogP contribution in [0.4, 0.5) is 5.69 Å². The summed E-state index contributed by atoms with van der Waals surface area (Å²) in [5.74, 6) is 1.63. The Labute approximate surface area is 111 Å². The van der Waals surface area contributed by atoms with E-state index in [1.165, 1.54) is 12.8 Å². The van der Waals surface area contributed by atoms with Gasteiger partial charge >= 0.3 is 0 Å². The summed E-state index contributed by atoms with van der Waals surface area (Å²) in [6.45, 7) is 0. The van der Waals surface area contributed by atoms with E-state index in [4.69, 9.17) is 12.2 Å². The molecule has 1 aromatic heterocycles. The van der Waals surface area contributed by atoms with Crippen molar-refractivity contribution < 1.29 is 0 Å². The fourth-order valence-electron chi connectivity index (χ4n) is 2.19. The number of rotatable bonds is 3. The van der Waals surface area contributed by atoms with E-state index in [2.05, 4.69) is 31.8 Å². The molecule has 0 amide bonds.